The summed E-state index contributed by atoms with van der Waals surface area (Å²) in [4.78, 5) is 0. The van der Waals surface area contributed by atoms with Gasteiger partial charge in [-0.1, -0.05) is 32.9 Å². The highest BCUT2D eigenvalue weighted by atomic mass is 16.5. The average molecular weight is 180 g/mol. The van der Waals surface area contributed by atoms with Gasteiger partial charge in [0.1, 0.15) is 0 Å². The molecule has 1 aliphatic carbocycles. The Labute approximate surface area is 81.2 Å². The third-order valence-electron chi connectivity index (χ3n) is 3.74. The Morgan fingerprint density at radius 2 is 2.31 bits per heavy atom. The molecule has 0 bridgehead atoms. The molecule has 0 aromatic heterocycles. The molecule has 4 unspecified atom stereocenters. The van der Waals surface area contributed by atoms with Gasteiger partial charge in [-0.3, -0.25) is 0 Å². The lowest BCUT2D eigenvalue weighted by Crippen LogP contribution is -2.31. The summed E-state index contributed by atoms with van der Waals surface area (Å²) >= 11 is 0. The molecular formula is C12H20O. The van der Waals surface area contributed by atoms with E-state index in [2.05, 4.69) is 32.9 Å². The molecule has 13 heavy (non-hydrogen) atoms. The molecule has 0 radical (unpaired) electrons. The van der Waals surface area contributed by atoms with Gasteiger partial charge in [0, 0.05) is 5.41 Å². The van der Waals surface area contributed by atoms with Crippen LogP contribution < -0.4 is 0 Å². The smallest absolute Gasteiger partial charge is 0.0610 e. The Kier molecular flexibility index (Phi) is 2.23. The van der Waals surface area contributed by atoms with Gasteiger partial charge < -0.3 is 4.74 Å². The average Bonchev–Trinajstić information content (AvgIpc) is 2.43. The molecule has 0 N–H and O–H groups in total. The first-order chi connectivity index (χ1) is 6.15. The van der Waals surface area contributed by atoms with Gasteiger partial charge in [-0.15, -0.1) is 0 Å². The van der Waals surface area contributed by atoms with Crippen molar-refractivity contribution >= 4 is 0 Å². The molecule has 74 valence electrons. The van der Waals surface area contributed by atoms with Gasteiger partial charge in [-0.2, -0.15) is 0 Å². The molecule has 1 heterocycles. The van der Waals surface area contributed by atoms with Crippen molar-refractivity contribution in [2.75, 3.05) is 6.61 Å². The van der Waals surface area contributed by atoms with Gasteiger partial charge in [-0.05, 0) is 24.7 Å². The van der Waals surface area contributed by atoms with Crippen molar-refractivity contribution in [3.05, 3.63) is 12.2 Å². The fourth-order valence-corrected chi connectivity index (χ4v) is 2.79. The lowest BCUT2D eigenvalue weighted by Gasteiger charge is -2.34. The quantitative estimate of drug-likeness (QED) is 0.564. The van der Waals surface area contributed by atoms with Crippen molar-refractivity contribution in [2.45, 2.75) is 39.7 Å². The van der Waals surface area contributed by atoms with E-state index in [9.17, 15) is 0 Å². The second-order valence-corrected chi connectivity index (χ2v) is 4.94. The van der Waals surface area contributed by atoms with E-state index < -0.39 is 0 Å². The first kappa shape index (κ1) is 9.26. The zero-order valence-electron chi connectivity index (χ0n) is 8.92. The monoisotopic (exact) mass is 180 g/mol. The van der Waals surface area contributed by atoms with E-state index in [4.69, 9.17) is 4.74 Å². The SMILES string of the molecule is CCC1OCC2(C)C=CC(C)CC12. The predicted octanol–water partition coefficient (Wildman–Crippen LogP) is 3.01. The zero-order chi connectivity index (χ0) is 9.47. The van der Waals surface area contributed by atoms with Gasteiger partial charge in [0.2, 0.25) is 0 Å². The van der Waals surface area contributed by atoms with Gasteiger partial charge in [-0.25, -0.2) is 0 Å². The molecule has 1 nitrogen and oxygen atoms in total. The van der Waals surface area contributed by atoms with Crippen LogP contribution in [-0.4, -0.2) is 12.7 Å². The van der Waals surface area contributed by atoms with Crippen LogP contribution in [0.2, 0.25) is 0 Å². The molecule has 0 spiro atoms. The van der Waals surface area contributed by atoms with E-state index in [1.165, 1.54) is 12.8 Å². The van der Waals surface area contributed by atoms with Crippen LogP contribution in [0.1, 0.15) is 33.6 Å². The van der Waals surface area contributed by atoms with Crippen LogP contribution in [0.3, 0.4) is 0 Å². The minimum atomic E-state index is 0.340. The number of allylic oxidation sites excluding steroid dienone is 1. The van der Waals surface area contributed by atoms with Gasteiger partial charge >= 0.3 is 0 Å². The molecule has 0 amide bonds. The van der Waals surface area contributed by atoms with E-state index in [0.717, 1.165) is 18.4 Å². The Morgan fingerprint density at radius 1 is 1.54 bits per heavy atom. The minimum Gasteiger partial charge on any atom is -0.377 e. The summed E-state index contributed by atoms with van der Waals surface area (Å²) in [6.07, 6.45) is 7.74. The number of ether oxygens (including phenoxy) is 1. The normalized spacial score (nSPS) is 49.3. The van der Waals surface area contributed by atoms with Crippen molar-refractivity contribution in [1.82, 2.24) is 0 Å². The Morgan fingerprint density at radius 3 is 3.00 bits per heavy atom. The highest BCUT2D eigenvalue weighted by Gasteiger charge is 2.45. The van der Waals surface area contributed by atoms with Crippen LogP contribution in [0.15, 0.2) is 12.2 Å². The predicted molar refractivity (Wildman–Crippen MR) is 54.5 cm³/mol. The lowest BCUT2D eigenvalue weighted by molar-refractivity contribution is 0.0833. The molecule has 0 saturated carbocycles. The maximum atomic E-state index is 5.85. The van der Waals surface area contributed by atoms with Gasteiger partial charge in [0.05, 0.1) is 12.7 Å². The Balaban J connectivity index is 2.21. The third-order valence-corrected chi connectivity index (χ3v) is 3.74. The summed E-state index contributed by atoms with van der Waals surface area (Å²) in [5.74, 6) is 1.51. The number of hydrogen-bond donors (Lipinski definition) is 0. The van der Waals surface area contributed by atoms with E-state index in [-0.39, 0.29) is 0 Å². The van der Waals surface area contributed by atoms with E-state index >= 15 is 0 Å². The zero-order valence-corrected chi connectivity index (χ0v) is 8.92. The fraction of sp³-hybridized carbons (Fsp3) is 0.833. The van der Waals surface area contributed by atoms with Crippen molar-refractivity contribution < 1.29 is 4.74 Å². The van der Waals surface area contributed by atoms with Crippen LogP contribution >= 0.6 is 0 Å². The second kappa shape index (κ2) is 3.13. The van der Waals surface area contributed by atoms with Crippen LogP contribution in [0.25, 0.3) is 0 Å². The van der Waals surface area contributed by atoms with Crippen LogP contribution in [0.5, 0.6) is 0 Å². The Hall–Kier alpha value is -0.300. The maximum absolute atomic E-state index is 5.85. The van der Waals surface area contributed by atoms with Crippen molar-refractivity contribution in [3.8, 4) is 0 Å². The summed E-state index contributed by atoms with van der Waals surface area (Å²) < 4.78 is 5.85. The molecule has 2 aliphatic rings. The highest BCUT2D eigenvalue weighted by Crippen LogP contribution is 2.47. The lowest BCUT2D eigenvalue weighted by atomic mass is 9.68. The molecule has 2 rings (SSSR count). The van der Waals surface area contributed by atoms with E-state index in [1.54, 1.807) is 0 Å². The van der Waals surface area contributed by atoms with Crippen molar-refractivity contribution in [3.63, 3.8) is 0 Å². The second-order valence-electron chi connectivity index (χ2n) is 4.94. The van der Waals surface area contributed by atoms with Crippen LogP contribution in [-0.2, 0) is 4.74 Å². The van der Waals surface area contributed by atoms with Crippen molar-refractivity contribution in [2.24, 2.45) is 17.3 Å². The number of hydrogen-bond acceptors (Lipinski definition) is 1. The molecule has 1 aliphatic heterocycles. The van der Waals surface area contributed by atoms with E-state index in [0.29, 0.717) is 11.5 Å². The summed E-state index contributed by atoms with van der Waals surface area (Å²) in [6.45, 7) is 7.82. The molecule has 4 atom stereocenters. The maximum Gasteiger partial charge on any atom is 0.0610 e. The molecule has 1 fully saturated rings. The van der Waals surface area contributed by atoms with E-state index in [1.807, 2.05) is 0 Å². The first-order valence-corrected chi connectivity index (χ1v) is 5.46. The molecule has 0 aromatic rings. The molecule has 0 aromatic carbocycles. The molecule has 1 saturated heterocycles. The Bertz CT molecular complexity index is 221. The summed E-state index contributed by atoms with van der Waals surface area (Å²) in [6, 6.07) is 0. The summed E-state index contributed by atoms with van der Waals surface area (Å²) in [7, 11) is 0. The third kappa shape index (κ3) is 1.43. The highest BCUT2D eigenvalue weighted by molar-refractivity contribution is 5.11. The van der Waals surface area contributed by atoms with Gasteiger partial charge in [0.15, 0.2) is 0 Å². The minimum absolute atomic E-state index is 0.340. The number of fused-ring (bicyclic) bond motifs is 1. The summed E-state index contributed by atoms with van der Waals surface area (Å²) in [5.41, 5.74) is 0.340. The molecule has 1 heteroatoms. The first-order valence-electron chi connectivity index (χ1n) is 5.46. The van der Waals surface area contributed by atoms with Crippen molar-refractivity contribution in [1.29, 1.82) is 0 Å². The van der Waals surface area contributed by atoms with Crippen LogP contribution in [0, 0.1) is 17.3 Å². The number of rotatable bonds is 1. The summed E-state index contributed by atoms with van der Waals surface area (Å²) in [5, 5.41) is 0. The van der Waals surface area contributed by atoms with Gasteiger partial charge in [0.25, 0.3) is 0 Å². The topological polar surface area (TPSA) is 9.23 Å². The van der Waals surface area contributed by atoms with Crippen LogP contribution in [0.4, 0.5) is 0 Å². The largest absolute Gasteiger partial charge is 0.377 e. The molecular weight excluding hydrogens is 160 g/mol. The fourth-order valence-electron chi connectivity index (χ4n) is 2.79. The standard InChI is InChI=1S/C12H20O/c1-4-11-10-7-9(2)5-6-12(10,3)8-13-11/h5-6,9-11H,4,7-8H2,1-3H3.